The van der Waals surface area contributed by atoms with Gasteiger partial charge in [-0.1, -0.05) is 42.5 Å². The highest BCUT2D eigenvalue weighted by Crippen LogP contribution is 2.30. The zero-order chi connectivity index (χ0) is 15.8. The van der Waals surface area contributed by atoms with Crippen molar-refractivity contribution in [2.75, 3.05) is 30.8 Å². The fourth-order valence-corrected chi connectivity index (χ4v) is 3.05. The lowest BCUT2D eigenvalue weighted by molar-refractivity contribution is 0.447. The number of anilines is 2. The van der Waals surface area contributed by atoms with Crippen LogP contribution in [-0.2, 0) is 0 Å². The highest BCUT2D eigenvalue weighted by atomic mass is 15.3. The minimum Gasteiger partial charge on any atom is -0.368 e. The van der Waals surface area contributed by atoms with Crippen LogP contribution in [-0.4, -0.2) is 36.1 Å². The van der Waals surface area contributed by atoms with Crippen LogP contribution in [0.15, 0.2) is 48.5 Å². The highest BCUT2D eigenvalue weighted by molar-refractivity contribution is 5.96. The summed E-state index contributed by atoms with van der Waals surface area (Å²) in [5.74, 6) is 1.21. The molecule has 1 saturated heterocycles. The maximum absolute atomic E-state index is 5.96. The molecule has 116 valence electrons. The Morgan fingerprint density at radius 3 is 2.70 bits per heavy atom. The third kappa shape index (κ3) is 2.49. The van der Waals surface area contributed by atoms with Crippen molar-refractivity contribution in [3.05, 3.63) is 48.5 Å². The number of nitrogens with one attached hydrogen (secondary N) is 1. The molecule has 3 aromatic rings. The molecule has 0 bridgehead atoms. The molecule has 1 aliphatic rings. The van der Waals surface area contributed by atoms with Gasteiger partial charge in [0.2, 0.25) is 5.95 Å². The first-order valence-corrected chi connectivity index (χ1v) is 7.79. The Kier molecular flexibility index (Phi) is 3.35. The summed E-state index contributed by atoms with van der Waals surface area (Å²) >= 11 is 0. The third-order valence-corrected chi connectivity index (χ3v) is 4.41. The van der Waals surface area contributed by atoms with Gasteiger partial charge in [0.1, 0.15) is 5.82 Å². The van der Waals surface area contributed by atoms with Crippen LogP contribution in [0.2, 0.25) is 0 Å². The van der Waals surface area contributed by atoms with Crippen LogP contribution in [0.4, 0.5) is 11.8 Å². The van der Waals surface area contributed by atoms with E-state index in [0.717, 1.165) is 30.2 Å². The van der Waals surface area contributed by atoms with Crippen molar-refractivity contribution >= 4 is 22.5 Å². The summed E-state index contributed by atoms with van der Waals surface area (Å²) in [5, 5.41) is 5.64. The zero-order valence-corrected chi connectivity index (χ0v) is 13.0. The van der Waals surface area contributed by atoms with Crippen molar-refractivity contribution < 1.29 is 0 Å². The molecule has 2 aromatic carbocycles. The topological polar surface area (TPSA) is 67.1 Å². The van der Waals surface area contributed by atoms with E-state index in [1.807, 2.05) is 25.2 Å². The van der Waals surface area contributed by atoms with E-state index < -0.39 is 0 Å². The van der Waals surface area contributed by atoms with E-state index in [4.69, 9.17) is 5.73 Å². The molecular formula is C18H19N5. The SMILES string of the molecule is CNC1CN(c2cc(-c3cccc4ccccc34)nc(N)n2)C1. The summed E-state index contributed by atoms with van der Waals surface area (Å²) in [6.45, 7) is 1.89. The molecule has 0 atom stereocenters. The Bertz CT molecular complexity index is 850. The summed E-state index contributed by atoms with van der Waals surface area (Å²) in [4.78, 5) is 11.1. The first-order valence-electron chi connectivity index (χ1n) is 7.79. The molecule has 1 fully saturated rings. The van der Waals surface area contributed by atoms with Crippen LogP contribution in [0.1, 0.15) is 0 Å². The number of aromatic nitrogens is 2. The number of fused-ring (bicyclic) bond motifs is 1. The standard InChI is InChI=1S/C18H19N5/c1-20-13-10-23(11-13)17-9-16(21-18(19)22-17)15-8-4-6-12-5-2-3-7-14(12)15/h2-9,13,20H,10-11H2,1H3,(H2,19,21,22). The van der Waals surface area contributed by atoms with E-state index in [9.17, 15) is 0 Å². The molecule has 1 aliphatic heterocycles. The number of benzene rings is 2. The number of nitrogens with two attached hydrogens (primary N) is 1. The molecule has 0 unspecified atom stereocenters. The van der Waals surface area contributed by atoms with Gasteiger partial charge in [-0.3, -0.25) is 0 Å². The smallest absolute Gasteiger partial charge is 0.222 e. The lowest BCUT2D eigenvalue weighted by Crippen LogP contribution is -2.57. The highest BCUT2D eigenvalue weighted by Gasteiger charge is 2.27. The van der Waals surface area contributed by atoms with Gasteiger partial charge in [-0.25, -0.2) is 4.98 Å². The van der Waals surface area contributed by atoms with Gasteiger partial charge < -0.3 is 16.0 Å². The van der Waals surface area contributed by atoms with E-state index in [0.29, 0.717) is 12.0 Å². The van der Waals surface area contributed by atoms with Crippen LogP contribution >= 0.6 is 0 Å². The summed E-state index contributed by atoms with van der Waals surface area (Å²) in [7, 11) is 1.98. The molecule has 0 radical (unpaired) electrons. The average Bonchev–Trinajstić information content (AvgIpc) is 2.53. The number of likely N-dealkylation sites (N-methyl/N-ethyl adjacent to an activating group) is 1. The molecule has 0 saturated carbocycles. The summed E-state index contributed by atoms with van der Waals surface area (Å²) in [5.41, 5.74) is 7.92. The van der Waals surface area contributed by atoms with E-state index >= 15 is 0 Å². The molecule has 3 N–H and O–H groups in total. The summed E-state index contributed by atoms with van der Waals surface area (Å²) in [6, 6.07) is 17.1. The van der Waals surface area contributed by atoms with Gasteiger partial charge in [-0.05, 0) is 17.8 Å². The maximum Gasteiger partial charge on any atom is 0.222 e. The minimum absolute atomic E-state index is 0.318. The van der Waals surface area contributed by atoms with Crippen molar-refractivity contribution in [2.24, 2.45) is 0 Å². The van der Waals surface area contributed by atoms with Crippen LogP contribution in [0.3, 0.4) is 0 Å². The van der Waals surface area contributed by atoms with Gasteiger partial charge in [0.15, 0.2) is 0 Å². The first kappa shape index (κ1) is 14.0. The van der Waals surface area contributed by atoms with Crippen molar-refractivity contribution in [3.63, 3.8) is 0 Å². The van der Waals surface area contributed by atoms with Gasteiger partial charge in [-0.15, -0.1) is 0 Å². The normalized spacial score (nSPS) is 14.9. The number of nitrogen functional groups attached to an aromatic ring is 1. The van der Waals surface area contributed by atoms with Gasteiger partial charge in [-0.2, -0.15) is 4.98 Å². The molecule has 0 aliphatic carbocycles. The van der Waals surface area contributed by atoms with Crippen LogP contribution < -0.4 is 16.0 Å². The number of nitrogens with zero attached hydrogens (tertiary/aromatic N) is 3. The van der Waals surface area contributed by atoms with Gasteiger partial charge in [0, 0.05) is 30.8 Å². The fourth-order valence-electron chi connectivity index (χ4n) is 3.05. The van der Waals surface area contributed by atoms with E-state index in [1.165, 1.54) is 10.8 Å². The Balaban J connectivity index is 1.78. The number of hydrogen-bond donors (Lipinski definition) is 2. The maximum atomic E-state index is 5.96. The second kappa shape index (κ2) is 5.52. The van der Waals surface area contributed by atoms with Gasteiger partial charge >= 0.3 is 0 Å². The van der Waals surface area contributed by atoms with Crippen LogP contribution in [0.5, 0.6) is 0 Å². The number of rotatable bonds is 3. The Hall–Kier alpha value is -2.66. The molecule has 5 heteroatoms. The molecule has 0 amide bonds. The predicted octanol–water partition coefficient (Wildman–Crippen LogP) is 2.29. The Morgan fingerprint density at radius 2 is 1.87 bits per heavy atom. The minimum atomic E-state index is 0.318. The van der Waals surface area contributed by atoms with Crippen LogP contribution in [0.25, 0.3) is 22.0 Å². The van der Waals surface area contributed by atoms with E-state index in [-0.39, 0.29) is 0 Å². The molecule has 23 heavy (non-hydrogen) atoms. The molecule has 1 aromatic heterocycles. The monoisotopic (exact) mass is 305 g/mol. The Labute approximate surface area is 135 Å². The van der Waals surface area contributed by atoms with Gasteiger partial charge in [0.05, 0.1) is 5.69 Å². The van der Waals surface area contributed by atoms with Crippen molar-refractivity contribution in [3.8, 4) is 11.3 Å². The molecule has 2 heterocycles. The molecular weight excluding hydrogens is 286 g/mol. The molecule has 4 rings (SSSR count). The largest absolute Gasteiger partial charge is 0.368 e. The quantitative estimate of drug-likeness (QED) is 0.777. The van der Waals surface area contributed by atoms with Crippen molar-refractivity contribution in [2.45, 2.75) is 6.04 Å². The first-order chi connectivity index (χ1) is 11.2. The predicted molar refractivity (Wildman–Crippen MR) is 94.4 cm³/mol. The number of hydrogen-bond acceptors (Lipinski definition) is 5. The van der Waals surface area contributed by atoms with Crippen LogP contribution in [0, 0.1) is 0 Å². The fraction of sp³-hybridized carbons (Fsp3) is 0.222. The summed E-state index contributed by atoms with van der Waals surface area (Å²) < 4.78 is 0. The van der Waals surface area contributed by atoms with E-state index in [2.05, 4.69) is 50.5 Å². The van der Waals surface area contributed by atoms with E-state index in [1.54, 1.807) is 0 Å². The zero-order valence-electron chi connectivity index (χ0n) is 13.0. The van der Waals surface area contributed by atoms with Crippen molar-refractivity contribution in [1.82, 2.24) is 15.3 Å². The lowest BCUT2D eigenvalue weighted by Gasteiger charge is -2.40. The summed E-state index contributed by atoms with van der Waals surface area (Å²) in [6.07, 6.45) is 0. The van der Waals surface area contributed by atoms with Crippen molar-refractivity contribution in [1.29, 1.82) is 0 Å². The third-order valence-electron chi connectivity index (χ3n) is 4.41. The average molecular weight is 305 g/mol. The second-order valence-corrected chi connectivity index (χ2v) is 5.89. The lowest BCUT2D eigenvalue weighted by atomic mass is 10.0. The Morgan fingerprint density at radius 1 is 1.09 bits per heavy atom. The molecule has 5 nitrogen and oxygen atoms in total. The second-order valence-electron chi connectivity index (χ2n) is 5.89. The molecule has 0 spiro atoms. The van der Waals surface area contributed by atoms with Gasteiger partial charge in [0.25, 0.3) is 0 Å².